The van der Waals surface area contributed by atoms with E-state index in [-0.39, 0.29) is 19.3 Å². The zero-order valence-corrected chi connectivity index (χ0v) is 10.8. The number of aryl methyl sites for hydroxylation is 1. The molecule has 0 bridgehead atoms. The van der Waals surface area contributed by atoms with Gasteiger partial charge in [0.25, 0.3) is 0 Å². The van der Waals surface area contributed by atoms with Gasteiger partial charge in [0.05, 0.1) is 0 Å². The first-order valence-corrected chi connectivity index (χ1v) is 6.13. The van der Waals surface area contributed by atoms with Crippen molar-refractivity contribution in [3.8, 4) is 0 Å². The summed E-state index contributed by atoms with van der Waals surface area (Å²) in [6.45, 7) is 0. The molecule has 0 aliphatic heterocycles. The van der Waals surface area contributed by atoms with Gasteiger partial charge < -0.3 is 15.5 Å². The van der Waals surface area contributed by atoms with Crippen LogP contribution in [0.2, 0.25) is 0 Å². The van der Waals surface area contributed by atoms with Crippen LogP contribution in [0.3, 0.4) is 0 Å². The van der Waals surface area contributed by atoms with Crippen LogP contribution in [0.1, 0.15) is 25.0 Å². The number of carbonyl (C=O) groups is 3. The topological polar surface area (TPSA) is 117 Å². The summed E-state index contributed by atoms with van der Waals surface area (Å²) < 4.78 is 0. The number of nitrogens with zero attached hydrogens (tertiary/aromatic N) is 1. The number of aromatic nitrogens is 1. The molecule has 0 aliphatic carbocycles. The monoisotopic (exact) mass is 280 g/mol. The van der Waals surface area contributed by atoms with E-state index < -0.39 is 23.9 Å². The van der Waals surface area contributed by atoms with Gasteiger partial charge in [-0.15, -0.1) is 0 Å². The number of hydrogen-bond donors (Lipinski definition) is 3. The van der Waals surface area contributed by atoms with Gasteiger partial charge in [-0.3, -0.25) is 14.6 Å². The van der Waals surface area contributed by atoms with Crippen molar-refractivity contribution in [3.05, 3.63) is 30.1 Å². The highest BCUT2D eigenvalue weighted by atomic mass is 16.4. The van der Waals surface area contributed by atoms with E-state index in [4.69, 9.17) is 10.2 Å². The van der Waals surface area contributed by atoms with Crippen molar-refractivity contribution in [3.63, 3.8) is 0 Å². The van der Waals surface area contributed by atoms with Crippen molar-refractivity contribution in [1.29, 1.82) is 0 Å². The highest BCUT2D eigenvalue weighted by Crippen LogP contribution is 2.01. The third kappa shape index (κ3) is 5.94. The van der Waals surface area contributed by atoms with Crippen molar-refractivity contribution in [2.75, 3.05) is 0 Å². The molecular formula is C13H16N2O5. The Morgan fingerprint density at radius 3 is 2.50 bits per heavy atom. The Hall–Kier alpha value is -2.44. The fraction of sp³-hybridized carbons (Fsp3) is 0.385. The minimum Gasteiger partial charge on any atom is -0.481 e. The smallest absolute Gasteiger partial charge is 0.326 e. The van der Waals surface area contributed by atoms with Crippen LogP contribution in [0.5, 0.6) is 0 Å². The summed E-state index contributed by atoms with van der Waals surface area (Å²) in [5.74, 6) is -2.77. The first-order chi connectivity index (χ1) is 9.49. The van der Waals surface area contributed by atoms with Crippen molar-refractivity contribution < 1.29 is 24.6 Å². The molecular weight excluding hydrogens is 264 g/mol. The second kappa shape index (κ2) is 7.88. The quantitative estimate of drug-likeness (QED) is 0.636. The normalized spacial score (nSPS) is 11.6. The molecule has 1 aromatic rings. The van der Waals surface area contributed by atoms with Crippen LogP contribution in [-0.4, -0.2) is 39.1 Å². The van der Waals surface area contributed by atoms with E-state index in [9.17, 15) is 14.4 Å². The average Bonchev–Trinajstić information content (AvgIpc) is 2.41. The van der Waals surface area contributed by atoms with Crippen molar-refractivity contribution in [2.24, 2.45) is 0 Å². The Balaban J connectivity index is 2.41. The molecule has 108 valence electrons. The molecule has 1 atom stereocenters. The second-order valence-electron chi connectivity index (χ2n) is 4.21. The number of carbonyl (C=O) groups excluding carboxylic acids is 1. The minimum absolute atomic E-state index is 0.105. The predicted molar refractivity (Wildman–Crippen MR) is 69.0 cm³/mol. The first kappa shape index (κ1) is 15.6. The van der Waals surface area contributed by atoms with E-state index in [1.54, 1.807) is 24.4 Å². The number of carboxylic acid groups (broad SMARTS) is 2. The summed E-state index contributed by atoms with van der Waals surface area (Å²) >= 11 is 0. The molecule has 1 amide bonds. The van der Waals surface area contributed by atoms with Gasteiger partial charge >= 0.3 is 11.9 Å². The second-order valence-corrected chi connectivity index (χ2v) is 4.21. The van der Waals surface area contributed by atoms with Crippen molar-refractivity contribution in [1.82, 2.24) is 10.3 Å². The lowest BCUT2D eigenvalue weighted by molar-refractivity contribution is -0.143. The lowest BCUT2D eigenvalue weighted by atomic mass is 10.1. The van der Waals surface area contributed by atoms with Gasteiger partial charge in [-0.1, -0.05) is 6.07 Å². The molecule has 1 aromatic heterocycles. The van der Waals surface area contributed by atoms with Crippen LogP contribution in [0, 0.1) is 0 Å². The number of hydrogen-bond acceptors (Lipinski definition) is 4. The SMILES string of the molecule is O=C(O)CC[C@H](NC(=O)CCc1ccccn1)C(=O)O. The highest BCUT2D eigenvalue weighted by molar-refractivity contribution is 5.84. The van der Waals surface area contributed by atoms with E-state index in [1.165, 1.54) is 0 Å². The van der Waals surface area contributed by atoms with Crippen LogP contribution in [0.15, 0.2) is 24.4 Å². The Morgan fingerprint density at radius 1 is 1.20 bits per heavy atom. The molecule has 0 unspecified atom stereocenters. The van der Waals surface area contributed by atoms with Crippen LogP contribution in [0.25, 0.3) is 0 Å². The van der Waals surface area contributed by atoms with Crippen LogP contribution >= 0.6 is 0 Å². The largest absolute Gasteiger partial charge is 0.481 e. The summed E-state index contributed by atoms with van der Waals surface area (Å²) in [4.78, 5) is 37.0. The molecule has 3 N–H and O–H groups in total. The highest BCUT2D eigenvalue weighted by Gasteiger charge is 2.20. The molecule has 0 spiro atoms. The lowest BCUT2D eigenvalue weighted by Crippen LogP contribution is -2.41. The van der Waals surface area contributed by atoms with Crippen LogP contribution < -0.4 is 5.32 Å². The summed E-state index contributed by atoms with van der Waals surface area (Å²) in [7, 11) is 0. The zero-order chi connectivity index (χ0) is 15.0. The summed E-state index contributed by atoms with van der Waals surface area (Å²) in [5, 5.41) is 19.7. The van der Waals surface area contributed by atoms with Gasteiger partial charge in [0.2, 0.25) is 5.91 Å². The van der Waals surface area contributed by atoms with Crippen molar-refractivity contribution >= 4 is 17.8 Å². The molecule has 0 aliphatic rings. The van der Waals surface area contributed by atoms with E-state index in [2.05, 4.69) is 10.3 Å². The average molecular weight is 280 g/mol. The molecule has 0 saturated carbocycles. The molecule has 7 nitrogen and oxygen atoms in total. The number of aliphatic carboxylic acids is 2. The van der Waals surface area contributed by atoms with Gasteiger partial charge in [0.1, 0.15) is 6.04 Å². The lowest BCUT2D eigenvalue weighted by Gasteiger charge is -2.13. The van der Waals surface area contributed by atoms with Crippen molar-refractivity contribution in [2.45, 2.75) is 31.7 Å². The fourth-order valence-electron chi connectivity index (χ4n) is 1.58. The van der Waals surface area contributed by atoms with E-state index in [0.29, 0.717) is 6.42 Å². The Labute approximate surface area is 115 Å². The predicted octanol–water partition coefficient (Wildman–Crippen LogP) is 0.448. The molecule has 0 fully saturated rings. The van der Waals surface area contributed by atoms with Gasteiger partial charge in [-0.2, -0.15) is 0 Å². The first-order valence-electron chi connectivity index (χ1n) is 6.13. The van der Waals surface area contributed by atoms with E-state index >= 15 is 0 Å². The molecule has 20 heavy (non-hydrogen) atoms. The number of pyridine rings is 1. The zero-order valence-electron chi connectivity index (χ0n) is 10.8. The number of nitrogens with one attached hydrogen (secondary N) is 1. The van der Waals surface area contributed by atoms with Gasteiger partial charge in [0, 0.05) is 24.7 Å². The number of amides is 1. The maximum absolute atomic E-state index is 11.6. The maximum Gasteiger partial charge on any atom is 0.326 e. The maximum atomic E-state index is 11.6. The number of rotatable bonds is 8. The summed E-state index contributed by atoms with van der Waals surface area (Å²) in [6.07, 6.45) is 1.67. The third-order valence-electron chi connectivity index (χ3n) is 2.61. The van der Waals surface area contributed by atoms with E-state index in [0.717, 1.165) is 5.69 Å². The van der Waals surface area contributed by atoms with Crippen LogP contribution in [-0.2, 0) is 20.8 Å². The Kier molecular flexibility index (Phi) is 6.15. The van der Waals surface area contributed by atoms with Gasteiger partial charge in [-0.25, -0.2) is 4.79 Å². The number of carboxylic acids is 2. The molecule has 0 radical (unpaired) electrons. The third-order valence-corrected chi connectivity index (χ3v) is 2.61. The molecule has 1 heterocycles. The van der Waals surface area contributed by atoms with Gasteiger partial charge in [0.15, 0.2) is 0 Å². The molecule has 1 rings (SSSR count). The summed E-state index contributed by atoms with van der Waals surface area (Å²) in [6, 6.07) is 4.15. The van der Waals surface area contributed by atoms with E-state index in [1.807, 2.05) is 0 Å². The van der Waals surface area contributed by atoms with Gasteiger partial charge in [-0.05, 0) is 25.0 Å². The molecule has 0 aromatic carbocycles. The standard InChI is InChI=1S/C13H16N2O5/c16-11(6-4-9-3-1-2-8-14-9)15-10(13(19)20)5-7-12(17)18/h1-3,8,10H,4-7H2,(H,15,16)(H,17,18)(H,19,20)/t10-/m0/s1. The molecule has 7 heteroatoms. The summed E-state index contributed by atoms with van der Waals surface area (Å²) in [5.41, 5.74) is 0.736. The van der Waals surface area contributed by atoms with Crippen LogP contribution in [0.4, 0.5) is 0 Å². The Morgan fingerprint density at radius 2 is 1.95 bits per heavy atom. The minimum atomic E-state index is -1.24. The molecule has 0 saturated heterocycles. The Bertz CT molecular complexity index is 475. The fourth-order valence-corrected chi connectivity index (χ4v) is 1.58.